The summed E-state index contributed by atoms with van der Waals surface area (Å²) in [4.78, 5) is 20.3. The molecule has 1 aliphatic rings. The lowest BCUT2D eigenvalue weighted by Crippen LogP contribution is -2.11. The number of nitrogens with zero attached hydrogens (tertiary/aromatic N) is 2. The summed E-state index contributed by atoms with van der Waals surface area (Å²) < 4.78 is 0. The number of carboxylic acids is 1. The Labute approximate surface area is 124 Å². The van der Waals surface area contributed by atoms with Gasteiger partial charge in [0.25, 0.3) is 0 Å². The number of thioether (sulfide) groups is 1. The fourth-order valence-electron chi connectivity index (χ4n) is 1.90. The van der Waals surface area contributed by atoms with E-state index in [1.165, 1.54) is 0 Å². The number of hydrogen-bond donors (Lipinski definition) is 1. The Hall–Kier alpha value is -1.10. The molecule has 0 aromatic carbocycles. The fraction of sp³-hybridized carbons (Fsp3) is 0.667. The monoisotopic (exact) mass is 294 g/mol. The van der Waals surface area contributed by atoms with Crippen molar-refractivity contribution in [3.05, 3.63) is 17.1 Å². The normalized spacial score (nSPS) is 15.4. The number of carboxylic acid groups (broad SMARTS) is 1. The molecular weight excluding hydrogens is 272 g/mol. The lowest BCUT2D eigenvalue weighted by molar-refractivity contribution is 0.0690. The first kappa shape index (κ1) is 15.3. The molecule has 20 heavy (non-hydrogen) atoms. The third-order valence-electron chi connectivity index (χ3n) is 3.32. The maximum atomic E-state index is 11.4. The molecule has 0 aliphatic heterocycles. The molecule has 1 aromatic heterocycles. The molecule has 0 atom stereocenters. The number of aryl methyl sites for hydroxylation is 1. The molecule has 0 saturated heterocycles. The van der Waals surface area contributed by atoms with Gasteiger partial charge in [-0.15, -0.1) is 11.8 Å². The average Bonchev–Trinajstić information content (AvgIpc) is 3.09. The highest BCUT2D eigenvalue weighted by atomic mass is 32.2. The van der Waals surface area contributed by atoms with Crippen LogP contribution in [-0.4, -0.2) is 26.8 Å². The average molecular weight is 294 g/mol. The van der Waals surface area contributed by atoms with Gasteiger partial charge in [0.2, 0.25) is 0 Å². The minimum Gasteiger partial charge on any atom is -0.478 e. The van der Waals surface area contributed by atoms with Crippen LogP contribution >= 0.6 is 11.8 Å². The minimum atomic E-state index is -0.928. The molecule has 1 fully saturated rings. The van der Waals surface area contributed by atoms with Crippen LogP contribution in [0.4, 0.5) is 0 Å². The zero-order valence-electron chi connectivity index (χ0n) is 12.6. The van der Waals surface area contributed by atoms with Gasteiger partial charge in [0.05, 0.1) is 5.69 Å². The van der Waals surface area contributed by atoms with Crippen molar-refractivity contribution in [1.29, 1.82) is 0 Å². The number of carbonyl (C=O) groups is 1. The van der Waals surface area contributed by atoms with Crippen molar-refractivity contribution in [2.45, 2.75) is 57.9 Å². The quantitative estimate of drug-likeness (QED) is 0.659. The maximum absolute atomic E-state index is 11.4. The molecule has 0 spiro atoms. The largest absolute Gasteiger partial charge is 0.478 e. The topological polar surface area (TPSA) is 63.1 Å². The van der Waals surface area contributed by atoms with E-state index >= 15 is 0 Å². The molecule has 1 heterocycles. The van der Waals surface area contributed by atoms with Crippen molar-refractivity contribution >= 4 is 17.7 Å². The summed E-state index contributed by atoms with van der Waals surface area (Å²) in [6, 6.07) is 0. The van der Waals surface area contributed by atoms with Crippen LogP contribution in [-0.2, 0) is 0 Å². The van der Waals surface area contributed by atoms with Crippen LogP contribution < -0.4 is 0 Å². The Bertz CT molecular complexity index is 519. The highest BCUT2D eigenvalue weighted by Gasteiger charge is 2.29. The molecule has 1 aliphatic carbocycles. The van der Waals surface area contributed by atoms with Crippen LogP contribution in [0.3, 0.4) is 0 Å². The summed E-state index contributed by atoms with van der Waals surface area (Å²) in [6.07, 6.45) is 3.27. The molecule has 0 amide bonds. The van der Waals surface area contributed by atoms with E-state index in [4.69, 9.17) is 0 Å². The predicted molar refractivity (Wildman–Crippen MR) is 80.5 cm³/mol. The summed E-state index contributed by atoms with van der Waals surface area (Å²) in [7, 11) is 0. The van der Waals surface area contributed by atoms with Gasteiger partial charge in [-0.3, -0.25) is 0 Å². The number of aromatic nitrogens is 2. The van der Waals surface area contributed by atoms with Crippen LogP contribution in [0.15, 0.2) is 5.03 Å². The molecule has 1 saturated carbocycles. The summed E-state index contributed by atoms with van der Waals surface area (Å²) in [5.74, 6) is 1.22. The van der Waals surface area contributed by atoms with Crippen molar-refractivity contribution < 1.29 is 9.90 Å². The molecule has 0 radical (unpaired) electrons. The Kier molecular flexibility index (Phi) is 4.37. The first-order valence-corrected chi connectivity index (χ1v) is 8.01. The van der Waals surface area contributed by atoms with Crippen molar-refractivity contribution in [3.63, 3.8) is 0 Å². The SMILES string of the molecule is Cc1nc(C2CC2)nc(SCCC(C)(C)C)c1C(=O)O. The first-order chi connectivity index (χ1) is 9.28. The Morgan fingerprint density at radius 3 is 2.50 bits per heavy atom. The number of rotatable bonds is 5. The van der Waals surface area contributed by atoms with Crippen LogP contribution in [0.5, 0.6) is 0 Å². The third kappa shape index (κ3) is 3.95. The summed E-state index contributed by atoms with van der Waals surface area (Å²) in [5.41, 5.74) is 1.11. The standard InChI is InChI=1S/C15H22N2O2S/c1-9-11(14(18)19)13(20-8-7-15(2,3)4)17-12(16-9)10-5-6-10/h10H,5-8H2,1-4H3,(H,18,19). The van der Waals surface area contributed by atoms with Crippen molar-refractivity contribution in [2.24, 2.45) is 5.41 Å². The van der Waals surface area contributed by atoms with E-state index in [1.54, 1.807) is 18.7 Å². The fourth-order valence-corrected chi connectivity index (χ4v) is 3.34. The lowest BCUT2D eigenvalue weighted by Gasteiger charge is -2.17. The van der Waals surface area contributed by atoms with Crippen molar-refractivity contribution in [2.75, 3.05) is 5.75 Å². The molecule has 2 rings (SSSR count). The summed E-state index contributed by atoms with van der Waals surface area (Å²) in [5, 5.41) is 9.99. The molecule has 0 bridgehead atoms. The van der Waals surface area contributed by atoms with E-state index in [0.29, 0.717) is 16.6 Å². The zero-order valence-corrected chi connectivity index (χ0v) is 13.4. The van der Waals surface area contributed by atoms with Gasteiger partial charge in [-0.05, 0) is 31.6 Å². The van der Waals surface area contributed by atoms with Gasteiger partial charge in [0, 0.05) is 11.7 Å². The van der Waals surface area contributed by atoms with E-state index in [0.717, 1.165) is 30.8 Å². The van der Waals surface area contributed by atoms with E-state index in [2.05, 4.69) is 30.7 Å². The van der Waals surface area contributed by atoms with Gasteiger partial charge < -0.3 is 5.11 Å². The van der Waals surface area contributed by atoms with Crippen molar-refractivity contribution in [1.82, 2.24) is 9.97 Å². The van der Waals surface area contributed by atoms with Crippen LogP contribution in [0.25, 0.3) is 0 Å². The smallest absolute Gasteiger partial charge is 0.340 e. The van der Waals surface area contributed by atoms with Crippen LogP contribution in [0, 0.1) is 12.3 Å². The minimum absolute atomic E-state index is 0.248. The van der Waals surface area contributed by atoms with E-state index < -0.39 is 5.97 Å². The summed E-state index contributed by atoms with van der Waals surface area (Å²) in [6.45, 7) is 8.33. The zero-order chi connectivity index (χ0) is 14.9. The molecular formula is C15H22N2O2S. The Balaban J connectivity index is 2.21. The molecule has 1 aromatic rings. The highest BCUT2D eigenvalue weighted by Crippen LogP contribution is 2.39. The Morgan fingerprint density at radius 2 is 2.00 bits per heavy atom. The van der Waals surface area contributed by atoms with Gasteiger partial charge in [0.1, 0.15) is 16.4 Å². The van der Waals surface area contributed by atoms with Gasteiger partial charge in [-0.2, -0.15) is 0 Å². The number of aromatic carboxylic acids is 1. The van der Waals surface area contributed by atoms with E-state index in [-0.39, 0.29) is 11.0 Å². The molecule has 1 N–H and O–H groups in total. The molecule has 0 unspecified atom stereocenters. The second-order valence-electron chi connectivity index (χ2n) is 6.59. The van der Waals surface area contributed by atoms with Gasteiger partial charge in [-0.25, -0.2) is 14.8 Å². The predicted octanol–water partition coefficient (Wildman–Crippen LogP) is 3.89. The van der Waals surface area contributed by atoms with Crippen molar-refractivity contribution in [3.8, 4) is 0 Å². The maximum Gasteiger partial charge on any atom is 0.340 e. The molecule has 5 heteroatoms. The van der Waals surface area contributed by atoms with Crippen LogP contribution in [0.1, 0.15) is 67.8 Å². The van der Waals surface area contributed by atoms with Crippen LogP contribution in [0.2, 0.25) is 0 Å². The molecule has 4 nitrogen and oxygen atoms in total. The Morgan fingerprint density at radius 1 is 1.35 bits per heavy atom. The third-order valence-corrected chi connectivity index (χ3v) is 4.30. The van der Waals surface area contributed by atoms with E-state index in [1.807, 2.05) is 0 Å². The lowest BCUT2D eigenvalue weighted by atomic mass is 9.94. The van der Waals surface area contributed by atoms with Gasteiger partial charge in [-0.1, -0.05) is 20.8 Å². The van der Waals surface area contributed by atoms with Gasteiger partial charge >= 0.3 is 5.97 Å². The molecule has 110 valence electrons. The van der Waals surface area contributed by atoms with Gasteiger partial charge in [0.15, 0.2) is 0 Å². The summed E-state index contributed by atoms with van der Waals surface area (Å²) >= 11 is 1.54. The first-order valence-electron chi connectivity index (χ1n) is 7.02. The second-order valence-corrected chi connectivity index (χ2v) is 7.67. The number of hydrogen-bond acceptors (Lipinski definition) is 4. The van der Waals surface area contributed by atoms with E-state index in [9.17, 15) is 9.90 Å². The second kappa shape index (κ2) is 5.72. The highest BCUT2D eigenvalue weighted by molar-refractivity contribution is 7.99.